The van der Waals surface area contributed by atoms with Crippen LogP contribution in [-0.2, 0) is 11.2 Å². The number of aromatic nitrogens is 1. The Morgan fingerprint density at radius 2 is 2.58 bits per heavy atom. The molecule has 1 heterocycles. The van der Waals surface area contributed by atoms with Gasteiger partial charge in [-0.05, 0) is 15.9 Å². The number of rotatable bonds is 3. The summed E-state index contributed by atoms with van der Waals surface area (Å²) in [5.41, 5.74) is 5.32. The zero-order valence-electron chi connectivity index (χ0n) is 6.03. The van der Waals surface area contributed by atoms with Crippen LogP contribution in [0, 0.1) is 0 Å². The monoisotopic (exact) mass is 250 g/mol. The number of halogens is 1. The zero-order valence-corrected chi connectivity index (χ0v) is 8.43. The van der Waals surface area contributed by atoms with Crippen LogP contribution in [0.15, 0.2) is 10.1 Å². The molecule has 66 valence electrons. The molecule has 0 amide bonds. The van der Waals surface area contributed by atoms with Crippen molar-refractivity contribution in [2.45, 2.75) is 12.5 Å². The third-order valence-electron chi connectivity index (χ3n) is 1.26. The summed E-state index contributed by atoms with van der Waals surface area (Å²) in [4.78, 5) is 15.1. The van der Waals surface area contributed by atoms with Gasteiger partial charge in [0.2, 0.25) is 0 Å². The summed E-state index contributed by atoms with van der Waals surface area (Å²) in [6.45, 7) is 0. The summed E-state index contributed by atoms with van der Waals surface area (Å²) in [5.74, 6) is -0.987. The van der Waals surface area contributed by atoms with Gasteiger partial charge in [-0.1, -0.05) is 0 Å². The normalized spacial score (nSPS) is 12.8. The molecule has 0 fully saturated rings. The number of hydrogen-bond acceptors (Lipinski definition) is 4. The molecule has 1 atom stereocenters. The van der Waals surface area contributed by atoms with Crippen molar-refractivity contribution < 1.29 is 9.90 Å². The van der Waals surface area contributed by atoms with Crippen LogP contribution >= 0.6 is 27.3 Å². The second-order valence-corrected chi connectivity index (χ2v) is 4.62. The van der Waals surface area contributed by atoms with Crippen LogP contribution in [0.2, 0.25) is 0 Å². The highest BCUT2D eigenvalue weighted by molar-refractivity contribution is 9.11. The molecule has 1 rings (SSSR count). The smallest absolute Gasteiger partial charge is 0.320 e. The Kier molecular flexibility index (Phi) is 3.19. The molecule has 0 aliphatic heterocycles. The summed E-state index contributed by atoms with van der Waals surface area (Å²) < 4.78 is 0.745. The number of aliphatic carboxylic acids is 1. The van der Waals surface area contributed by atoms with E-state index in [2.05, 4.69) is 20.9 Å². The lowest BCUT2D eigenvalue weighted by Crippen LogP contribution is -2.31. The van der Waals surface area contributed by atoms with Gasteiger partial charge in [-0.3, -0.25) is 4.79 Å². The molecule has 4 nitrogen and oxygen atoms in total. The summed E-state index contributed by atoms with van der Waals surface area (Å²) in [7, 11) is 0. The van der Waals surface area contributed by atoms with Crippen molar-refractivity contribution in [2.75, 3.05) is 0 Å². The van der Waals surface area contributed by atoms with Crippen LogP contribution in [-0.4, -0.2) is 22.1 Å². The Hall–Kier alpha value is -0.460. The molecule has 0 spiro atoms. The van der Waals surface area contributed by atoms with Crippen LogP contribution in [0.5, 0.6) is 0 Å². The zero-order chi connectivity index (χ0) is 9.14. The number of nitrogens with two attached hydrogens (primary N) is 1. The van der Waals surface area contributed by atoms with Gasteiger partial charge in [0.1, 0.15) is 6.04 Å². The molecule has 0 radical (unpaired) electrons. The van der Waals surface area contributed by atoms with E-state index in [-0.39, 0.29) is 0 Å². The van der Waals surface area contributed by atoms with E-state index in [9.17, 15) is 4.79 Å². The minimum Gasteiger partial charge on any atom is -0.480 e. The molecular formula is C6H7BrN2O2S. The van der Waals surface area contributed by atoms with E-state index < -0.39 is 12.0 Å². The van der Waals surface area contributed by atoms with Crippen LogP contribution in [0.25, 0.3) is 0 Å². The van der Waals surface area contributed by atoms with Crippen molar-refractivity contribution in [1.82, 2.24) is 4.98 Å². The molecule has 0 aliphatic rings. The largest absolute Gasteiger partial charge is 0.480 e. The third kappa shape index (κ3) is 2.54. The quantitative estimate of drug-likeness (QED) is 0.835. The molecule has 0 bridgehead atoms. The minimum atomic E-state index is -0.987. The Bertz CT molecular complexity index is 289. The summed E-state index contributed by atoms with van der Waals surface area (Å²) >= 11 is 4.57. The van der Waals surface area contributed by atoms with E-state index >= 15 is 0 Å². The molecule has 1 aromatic rings. The van der Waals surface area contributed by atoms with E-state index in [0.717, 1.165) is 8.79 Å². The molecular weight excluding hydrogens is 244 g/mol. The van der Waals surface area contributed by atoms with Crippen molar-refractivity contribution in [3.63, 3.8) is 0 Å². The highest BCUT2D eigenvalue weighted by Gasteiger charge is 2.13. The first-order valence-electron chi connectivity index (χ1n) is 3.18. The fourth-order valence-electron chi connectivity index (χ4n) is 0.682. The molecule has 0 saturated carbocycles. The average molecular weight is 251 g/mol. The molecule has 12 heavy (non-hydrogen) atoms. The van der Waals surface area contributed by atoms with Gasteiger partial charge in [0.25, 0.3) is 0 Å². The standard InChI is InChI=1S/C6H7BrN2O2S/c7-6-9-2-3(12-6)1-4(8)5(10)11/h2,4H,1,8H2,(H,10,11). The topological polar surface area (TPSA) is 76.2 Å². The highest BCUT2D eigenvalue weighted by atomic mass is 79.9. The fraction of sp³-hybridized carbons (Fsp3) is 0.333. The average Bonchev–Trinajstić information content (AvgIpc) is 2.35. The number of carboxylic acids is 1. The maximum atomic E-state index is 10.4. The van der Waals surface area contributed by atoms with Crippen LogP contribution < -0.4 is 5.73 Å². The Morgan fingerprint density at radius 1 is 1.92 bits per heavy atom. The van der Waals surface area contributed by atoms with Gasteiger partial charge in [-0.15, -0.1) is 11.3 Å². The van der Waals surface area contributed by atoms with Crippen molar-refractivity contribution in [3.8, 4) is 0 Å². The van der Waals surface area contributed by atoms with E-state index in [4.69, 9.17) is 10.8 Å². The van der Waals surface area contributed by atoms with Crippen LogP contribution in [0.1, 0.15) is 4.88 Å². The van der Waals surface area contributed by atoms with Crippen molar-refractivity contribution in [1.29, 1.82) is 0 Å². The summed E-state index contributed by atoms with van der Waals surface area (Å²) in [5, 5.41) is 8.50. The van der Waals surface area contributed by atoms with E-state index in [0.29, 0.717) is 6.42 Å². The number of hydrogen-bond donors (Lipinski definition) is 2. The second-order valence-electron chi connectivity index (χ2n) is 2.23. The predicted octanol–water partition coefficient (Wildman–Crippen LogP) is 0.860. The van der Waals surface area contributed by atoms with Crippen LogP contribution in [0.4, 0.5) is 0 Å². The Labute approximate surface area is 81.5 Å². The van der Waals surface area contributed by atoms with Crippen molar-refractivity contribution >= 4 is 33.2 Å². The number of carboxylic acid groups (broad SMARTS) is 1. The van der Waals surface area contributed by atoms with Gasteiger partial charge in [-0.25, -0.2) is 4.98 Å². The third-order valence-corrected chi connectivity index (χ3v) is 2.76. The first-order valence-corrected chi connectivity index (χ1v) is 4.79. The molecule has 0 saturated heterocycles. The lowest BCUT2D eigenvalue weighted by Gasteiger charge is -2.01. The molecule has 0 aliphatic carbocycles. The highest BCUT2D eigenvalue weighted by Crippen LogP contribution is 2.19. The Morgan fingerprint density at radius 3 is 3.00 bits per heavy atom. The molecule has 1 unspecified atom stereocenters. The molecule has 6 heteroatoms. The van der Waals surface area contributed by atoms with E-state index in [1.807, 2.05) is 0 Å². The van der Waals surface area contributed by atoms with Crippen LogP contribution in [0.3, 0.4) is 0 Å². The van der Waals surface area contributed by atoms with Gasteiger partial charge in [-0.2, -0.15) is 0 Å². The van der Waals surface area contributed by atoms with Gasteiger partial charge in [0.05, 0.1) is 0 Å². The first kappa shape index (κ1) is 9.63. The fourth-order valence-corrected chi connectivity index (χ4v) is 2.10. The van der Waals surface area contributed by atoms with Gasteiger partial charge < -0.3 is 10.8 Å². The predicted molar refractivity (Wildman–Crippen MR) is 49.1 cm³/mol. The van der Waals surface area contributed by atoms with Gasteiger partial charge >= 0.3 is 5.97 Å². The van der Waals surface area contributed by atoms with Gasteiger partial charge in [0.15, 0.2) is 3.92 Å². The number of nitrogens with zero attached hydrogens (tertiary/aromatic N) is 1. The van der Waals surface area contributed by atoms with Gasteiger partial charge in [0, 0.05) is 17.5 Å². The van der Waals surface area contributed by atoms with Crippen molar-refractivity contribution in [3.05, 3.63) is 15.0 Å². The molecule has 0 aromatic carbocycles. The summed E-state index contributed by atoms with van der Waals surface area (Å²) in [6.07, 6.45) is 1.95. The Balaban J connectivity index is 2.58. The maximum absolute atomic E-state index is 10.4. The lowest BCUT2D eigenvalue weighted by molar-refractivity contribution is -0.138. The number of carbonyl (C=O) groups is 1. The number of thiazole rings is 1. The summed E-state index contributed by atoms with van der Waals surface area (Å²) in [6, 6.07) is -0.836. The van der Waals surface area contributed by atoms with E-state index in [1.165, 1.54) is 11.3 Å². The lowest BCUT2D eigenvalue weighted by atomic mass is 10.2. The second kappa shape index (κ2) is 3.97. The molecule has 3 N–H and O–H groups in total. The SMILES string of the molecule is NC(Cc1cnc(Br)s1)C(=O)O. The maximum Gasteiger partial charge on any atom is 0.320 e. The molecule has 1 aromatic heterocycles. The first-order chi connectivity index (χ1) is 5.59. The van der Waals surface area contributed by atoms with E-state index in [1.54, 1.807) is 6.20 Å². The minimum absolute atomic E-state index is 0.332. The van der Waals surface area contributed by atoms with Crippen molar-refractivity contribution in [2.24, 2.45) is 5.73 Å².